The second-order valence-electron chi connectivity index (χ2n) is 3.69. The summed E-state index contributed by atoms with van der Waals surface area (Å²) < 4.78 is 13.0. The molecule has 0 atom stereocenters. The van der Waals surface area contributed by atoms with Crippen LogP contribution in [0, 0.1) is 5.82 Å². The number of aromatic nitrogens is 1. The highest BCUT2D eigenvalue weighted by Crippen LogP contribution is 2.21. The SMILES string of the molecule is OB(O)c1cc(F)ccc1CSc1ccncc1. The van der Waals surface area contributed by atoms with Gasteiger partial charge < -0.3 is 10.0 Å². The summed E-state index contributed by atoms with van der Waals surface area (Å²) in [6, 6.07) is 7.76. The zero-order chi connectivity index (χ0) is 13.0. The molecule has 1 aromatic heterocycles. The molecule has 0 saturated carbocycles. The average Bonchev–Trinajstić information content (AvgIpc) is 2.38. The van der Waals surface area contributed by atoms with Gasteiger partial charge >= 0.3 is 7.12 Å². The van der Waals surface area contributed by atoms with E-state index in [2.05, 4.69) is 4.98 Å². The lowest BCUT2D eigenvalue weighted by atomic mass is 9.77. The summed E-state index contributed by atoms with van der Waals surface area (Å²) in [4.78, 5) is 4.94. The van der Waals surface area contributed by atoms with Gasteiger partial charge in [0.15, 0.2) is 0 Å². The summed E-state index contributed by atoms with van der Waals surface area (Å²) in [6.07, 6.45) is 3.38. The van der Waals surface area contributed by atoms with Crippen molar-refractivity contribution in [3.63, 3.8) is 0 Å². The van der Waals surface area contributed by atoms with Gasteiger partial charge in [-0.25, -0.2) is 4.39 Å². The lowest BCUT2D eigenvalue weighted by Gasteiger charge is -2.08. The van der Waals surface area contributed by atoms with Crippen LogP contribution in [0.15, 0.2) is 47.6 Å². The summed E-state index contributed by atoms with van der Waals surface area (Å²) >= 11 is 1.53. The first-order valence-electron chi connectivity index (χ1n) is 5.34. The van der Waals surface area contributed by atoms with Crippen LogP contribution in [-0.4, -0.2) is 22.2 Å². The van der Waals surface area contributed by atoms with E-state index in [0.29, 0.717) is 11.3 Å². The Hall–Kier alpha value is -1.37. The standard InChI is InChI=1S/C12H11BFNO2S/c14-10-2-1-9(12(7-10)13(16)17)8-18-11-3-5-15-6-4-11/h1-7,16-17H,8H2. The van der Waals surface area contributed by atoms with Crippen LogP contribution in [0.1, 0.15) is 5.56 Å². The fourth-order valence-electron chi connectivity index (χ4n) is 1.53. The van der Waals surface area contributed by atoms with Gasteiger partial charge in [0.05, 0.1) is 0 Å². The Bertz CT molecular complexity index is 525. The van der Waals surface area contributed by atoms with Gasteiger partial charge in [-0.2, -0.15) is 0 Å². The van der Waals surface area contributed by atoms with Crippen molar-refractivity contribution in [1.82, 2.24) is 4.98 Å². The van der Waals surface area contributed by atoms with Crippen molar-refractivity contribution in [1.29, 1.82) is 0 Å². The molecule has 0 saturated heterocycles. The Morgan fingerprint density at radius 2 is 1.89 bits per heavy atom. The first-order valence-corrected chi connectivity index (χ1v) is 6.32. The van der Waals surface area contributed by atoms with Crippen LogP contribution < -0.4 is 5.46 Å². The van der Waals surface area contributed by atoms with Crippen LogP contribution in [0.25, 0.3) is 0 Å². The molecule has 2 rings (SSSR count). The number of hydrogen-bond donors (Lipinski definition) is 2. The van der Waals surface area contributed by atoms with Gasteiger partial charge in [0.25, 0.3) is 0 Å². The minimum absolute atomic E-state index is 0.205. The van der Waals surface area contributed by atoms with Crippen molar-refractivity contribution in [2.45, 2.75) is 10.6 Å². The molecule has 0 spiro atoms. The Kier molecular flexibility index (Phi) is 4.35. The summed E-state index contributed by atoms with van der Waals surface area (Å²) in [6.45, 7) is 0. The minimum Gasteiger partial charge on any atom is -0.423 e. The smallest absolute Gasteiger partial charge is 0.423 e. The highest BCUT2D eigenvalue weighted by atomic mass is 32.2. The molecule has 2 aromatic rings. The summed E-state index contributed by atoms with van der Waals surface area (Å²) in [7, 11) is -1.66. The molecule has 18 heavy (non-hydrogen) atoms. The molecule has 0 unspecified atom stereocenters. The fourth-order valence-corrected chi connectivity index (χ4v) is 2.43. The zero-order valence-corrected chi connectivity index (χ0v) is 10.3. The zero-order valence-electron chi connectivity index (χ0n) is 9.45. The molecule has 1 aromatic carbocycles. The van der Waals surface area contributed by atoms with E-state index in [1.807, 2.05) is 12.1 Å². The summed E-state index contributed by atoms with van der Waals surface area (Å²) in [5.74, 6) is 0.0628. The third kappa shape index (κ3) is 3.32. The van der Waals surface area contributed by atoms with Gasteiger partial charge in [-0.15, -0.1) is 11.8 Å². The summed E-state index contributed by atoms with van der Waals surface area (Å²) in [5.41, 5.74) is 0.907. The minimum atomic E-state index is -1.66. The van der Waals surface area contributed by atoms with Crippen LogP contribution in [0.3, 0.4) is 0 Å². The number of pyridine rings is 1. The number of rotatable bonds is 4. The second kappa shape index (κ2) is 5.99. The van der Waals surface area contributed by atoms with E-state index in [4.69, 9.17) is 0 Å². The topological polar surface area (TPSA) is 53.4 Å². The van der Waals surface area contributed by atoms with Gasteiger partial charge in [0.2, 0.25) is 0 Å². The molecule has 0 fully saturated rings. The van der Waals surface area contributed by atoms with Crippen molar-refractivity contribution < 1.29 is 14.4 Å². The normalized spacial score (nSPS) is 10.4. The monoisotopic (exact) mass is 263 g/mol. The average molecular weight is 263 g/mol. The van der Waals surface area contributed by atoms with Gasteiger partial charge in [-0.1, -0.05) is 6.07 Å². The van der Waals surface area contributed by atoms with E-state index in [0.717, 1.165) is 11.0 Å². The van der Waals surface area contributed by atoms with E-state index in [9.17, 15) is 14.4 Å². The number of halogens is 1. The molecule has 6 heteroatoms. The highest BCUT2D eigenvalue weighted by molar-refractivity contribution is 7.98. The van der Waals surface area contributed by atoms with Crippen LogP contribution in [0.5, 0.6) is 0 Å². The molecule has 0 radical (unpaired) electrons. The summed E-state index contributed by atoms with van der Waals surface area (Å²) in [5, 5.41) is 18.4. The van der Waals surface area contributed by atoms with Crippen molar-refractivity contribution >= 4 is 24.3 Å². The molecule has 3 nitrogen and oxygen atoms in total. The number of hydrogen-bond acceptors (Lipinski definition) is 4. The Morgan fingerprint density at radius 3 is 2.56 bits per heavy atom. The molecule has 0 aliphatic rings. The van der Waals surface area contributed by atoms with Crippen molar-refractivity contribution in [3.8, 4) is 0 Å². The van der Waals surface area contributed by atoms with Crippen molar-refractivity contribution in [3.05, 3.63) is 54.1 Å². The third-order valence-electron chi connectivity index (χ3n) is 2.43. The predicted molar refractivity (Wildman–Crippen MR) is 70.0 cm³/mol. The molecular formula is C12H11BFNO2S. The molecule has 0 bridgehead atoms. The lowest BCUT2D eigenvalue weighted by Crippen LogP contribution is -2.33. The number of benzene rings is 1. The molecular weight excluding hydrogens is 252 g/mol. The van der Waals surface area contributed by atoms with Gasteiger partial charge in [-0.05, 0) is 35.3 Å². The van der Waals surface area contributed by atoms with Crippen LogP contribution in [0.4, 0.5) is 4.39 Å². The fraction of sp³-hybridized carbons (Fsp3) is 0.0833. The van der Waals surface area contributed by atoms with Crippen LogP contribution in [0.2, 0.25) is 0 Å². The van der Waals surface area contributed by atoms with Crippen LogP contribution >= 0.6 is 11.8 Å². The first-order chi connectivity index (χ1) is 8.66. The Morgan fingerprint density at radius 1 is 1.17 bits per heavy atom. The molecule has 92 valence electrons. The first kappa shape index (κ1) is 13.1. The maximum absolute atomic E-state index is 13.0. The van der Waals surface area contributed by atoms with E-state index in [1.54, 1.807) is 18.5 Å². The number of thioether (sulfide) groups is 1. The van der Waals surface area contributed by atoms with Gasteiger partial charge in [0.1, 0.15) is 5.82 Å². The largest absolute Gasteiger partial charge is 0.488 e. The molecule has 1 heterocycles. The van der Waals surface area contributed by atoms with Gasteiger partial charge in [-0.3, -0.25) is 4.98 Å². The van der Waals surface area contributed by atoms with Crippen molar-refractivity contribution in [2.75, 3.05) is 0 Å². The lowest BCUT2D eigenvalue weighted by molar-refractivity contribution is 0.425. The van der Waals surface area contributed by atoms with E-state index >= 15 is 0 Å². The van der Waals surface area contributed by atoms with Crippen molar-refractivity contribution in [2.24, 2.45) is 0 Å². The Balaban J connectivity index is 2.14. The molecule has 0 aliphatic carbocycles. The molecule has 0 amide bonds. The number of nitrogens with zero attached hydrogens (tertiary/aromatic N) is 1. The van der Waals surface area contributed by atoms with Crippen LogP contribution in [-0.2, 0) is 5.75 Å². The second-order valence-corrected chi connectivity index (χ2v) is 4.74. The maximum Gasteiger partial charge on any atom is 0.488 e. The molecule has 2 N–H and O–H groups in total. The predicted octanol–water partition coefficient (Wildman–Crippen LogP) is 1.19. The van der Waals surface area contributed by atoms with E-state index in [1.165, 1.54) is 17.8 Å². The van der Waals surface area contributed by atoms with E-state index in [-0.39, 0.29) is 5.46 Å². The van der Waals surface area contributed by atoms with Gasteiger partial charge in [0, 0.05) is 23.0 Å². The maximum atomic E-state index is 13.0. The highest BCUT2D eigenvalue weighted by Gasteiger charge is 2.16. The Labute approximate surface area is 109 Å². The third-order valence-corrected chi connectivity index (χ3v) is 3.49. The molecule has 0 aliphatic heterocycles. The quantitative estimate of drug-likeness (QED) is 0.642. The van der Waals surface area contributed by atoms with E-state index < -0.39 is 12.9 Å².